The normalized spacial score (nSPS) is 11.1. The number of urea groups is 1. The molecule has 0 fully saturated rings. The fourth-order valence-corrected chi connectivity index (χ4v) is 3.02. The highest BCUT2D eigenvalue weighted by molar-refractivity contribution is 6.00. The number of nitrogens with one attached hydrogen (secondary N) is 1. The molecule has 0 unspecified atom stereocenters. The summed E-state index contributed by atoms with van der Waals surface area (Å²) in [6.07, 6.45) is 3.61. The van der Waals surface area contributed by atoms with Gasteiger partial charge in [0, 0.05) is 36.6 Å². The minimum atomic E-state index is -0.108. The van der Waals surface area contributed by atoms with E-state index in [1.807, 2.05) is 29.2 Å². The van der Waals surface area contributed by atoms with Crippen LogP contribution in [0.5, 0.6) is 0 Å². The predicted molar refractivity (Wildman–Crippen MR) is 104 cm³/mol. The van der Waals surface area contributed by atoms with E-state index in [1.54, 1.807) is 10.8 Å². The van der Waals surface area contributed by atoms with Crippen molar-refractivity contribution in [3.05, 3.63) is 40.8 Å². The molecule has 5 nitrogen and oxygen atoms in total. The Morgan fingerprint density at radius 2 is 1.72 bits per heavy atom. The van der Waals surface area contributed by atoms with E-state index in [0.717, 1.165) is 31.3 Å². The Kier molecular flexibility index (Phi) is 6.62. The van der Waals surface area contributed by atoms with Gasteiger partial charge < -0.3 is 14.8 Å². The number of fused-ring (bicyclic) bond motifs is 1. The van der Waals surface area contributed by atoms with Gasteiger partial charge in [0.05, 0.1) is 5.69 Å². The zero-order valence-corrected chi connectivity index (χ0v) is 15.7. The number of benzene rings is 1. The van der Waals surface area contributed by atoms with Gasteiger partial charge in [-0.05, 0) is 24.8 Å². The summed E-state index contributed by atoms with van der Waals surface area (Å²) in [4.78, 5) is 27.2. The third-order valence-electron chi connectivity index (χ3n) is 4.07. The molecule has 0 saturated heterocycles. The van der Waals surface area contributed by atoms with Crippen LogP contribution in [0.15, 0.2) is 35.3 Å². The molecule has 0 aliphatic carbocycles. The second-order valence-corrected chi connectivity index (χ2v) is 6.86. The number of amides is 2. The van der Waals surface area contributed by atoms with Crippen LogP contribution in [0.3, 0.4) is 0 Å². The van der Waals surface area contributed by atoms with Gasteiger partial charge in [0.1, 0.15) is 0 Å². The van der Waals surface area contributed by atoms with E-state index >= 15 is 0 Å². The third kappa shape index (κ3) is 4.62. The summed E-state index contributed by atoms with van der Waals surface area (Å²) in [5, 5.41) is 4.45. The molecule has 5 heteroatoms. The van der Waals surface area contributed by atoms with Gasteiger partial charge in [0.2, 0.25) is 0 Å². The SMILES string of the molecule is CCCN(CCC)C(=O)Nc1cn(CC(C)C)c(=O)c2ccccc12. The summed E-state index contributed by atoms with van der Waals surface area (Å²) in [6, 6.07) is 7.34. The van der Waals surface area contributed by atoms with Gasteiger partial charge >= 0.3 is 6.03 Å². The topological polar surface area (TPSA) is 54.3 Å². The molecule has 2 amide bonds. The van der Waals surface area contributed by atoms with Crippen molar-refractivity contribution < 1.29 is 4.79 Å². The van der Waals surface area contributed by atoms with Crippen LogP contribution in [0.2, 0.25) is 0 Å². The Morgan fingerprint density at radius 1 is 1.12 bits per heavy atom. The zero-order valence-electron chi connectivity index (χ0n) is 15.7. The summed E-state index contributed by atoms with van der Waals surface area (Å²) in [5.41, 5.74) is 0.680. The Labute approximate surface area is 149 Å². The molecule has 136 valence electrons. The number of pyridine rings is 1. The number of rotatable bonds is 7. The lowest BCUT2D eigenvalue weighted by molar-refractivity contribution is 0.211. The molecular formula is C20H29N3O2. The van der Waals surface area contributed by atoms with Gasteiger partial charge in [0.15, 0.2) is 0 Å². The molecule has 0 spiro atoms. The van der Waals surface area contributed by atoms with Crippen molar-refractivity contribution in [3.63, 3.8) is 0 Å². The van der Waals surface area contributed by atoms with Gasteiger partial charge in [-0.3, -0.25) is 4.79 Å². The van der Waals surface area contributed by atoms with E-state index in [-0.39, 0.29) is 11.6 Å². The number of hydrogen-bond donors (Lipinski definition) is 1. The van der Waals surface area contributed by atoms with Gasteiger partial charge in [-0.25, -0.2) is 4.79 Å². The summed E-state index contributed by atoms with van der Waals surface area (Å²) in [5.74, 6) is 0.346. The Morgan fingerprint density at radius 3 is 2.28 bits per heavy atom. The maximum atomic E-state index is 12.7. The maximum Gasteiger partial charge on any atom is 0.321 e. The first-order chi connectivity index (χ1) is 12.0. The molecule has 0 aliphatic rings. The van der Waals surface area contributed by atoms with E-state index in [4.69, 9.17) is 0 Å². The number of carbonyl (C=O) groups is 1. The summed E-state index contributed by atoms with van der Waals surface area (Å²) in [6.45, 7) is 10.4. The van der Waals surface area contributed by atoms with Crippen LogP contribution in [0.25, 0.3) is 10.8 Å². The van der Waals surface area contributed by atoms with Crippen molar-refractivity contribution in [2.75, 3.05) is 18.4 Å². The molecule has 1 aromatic carbocycles. The molecule has 0 saturated carbocycles. The maximum absolute atomic E-state index is 12.7. The highest BCUT2D eigenvalue weighted by Crippen LogP contribution is 2.21. The van der Waals surface area contributed by atoms with Gasteiger partial charge in [-0.1, -0.05) is 45.9 Å². The fraction of sp³-hybridized carbons (Fsp3) is 0.500. The highest BCUT2D eigenvalue weighted by Gasteiger charge is 2.15. The first kappa shape index (κ1) is 19.0. The minimum absolute atomic E-state index is 0.0127. The lowest BCUT2D eigenvalue weighted by atomic mass is 10.1. The second kappa shape index (κ2) is 8.70. The smallest absolute Gasteiger partial charge is 0.321 e. The molecule has 0 radical (unpaired) electrons. The summed E-state index contributed by atoms with van der Waals surface area (Å²) in [7, 11) is 0. The summed E-state index contributed by atoms with van der Waals surface area (Å²) >= 11 is 0. The van der Waals surface area contributed by atoms with E-state index in [9.17, 15) is 9.59 Å². The van der Waals surface area contributed by atoms with Crippen molar-refractivity contribution in [1.29, 1.82) is 0 Å². The number of carbonyl (C=O) groups excluding carboxylic acids is 1. The van der Waals surface area contributed by atoms with E-state index in [1.165, 1.54) is 0 Å². The Hall–Kier alpha value is -2.30. The van der Waals surface area contributed by atoms with Crippen LogP contribution in [0.1, 0.15) is 40.5 Å². The largest absolute Gasteiger partial charge is 0.325 e. The van der Waals surface area contributed by atoms with Crippen molar-refractivity contribution in [2.24, 2.45) is 5.92 Å². The van der Waals surface area contributed by atoms with Gasteiger partial charge in [-0.2, -0.15) is 0 Å². The second-order valence-electron chi connectivity index (χ2n) is 6.86. The average molecular weight is 343 g/mol. The van der Waals surface area contributed by atoms with Crippen LogP contribution in [0.4, 0.5) is 10.5 Å². The molecule has 1 heterocycles. The molecule has 2 rings (SSSR count). The molecule has 0 atom stereocenters. The van der Waals surface area contributed by atoms with Crippen molar-refractivity contribution in [2.45, 2.75) is 47.1 Å². The van der Waals surface area contributed by atoms with E-state index in [2.05, 4.69) is 33.0 Å². The average Bonchev–Trinajstić information content (AvgIpc) is 2.58. The lowest BCUT2D eigenvalue weighted by Crippen LogP contribution is -2.36. The van der Waals surface area contributed by atoms with Crippen molar-refractivity contribution in [3.8, 4) is 0 Å². The fourth-order valence-electron chi connectivity index (χ4n) is 3.02. The van der Waals surface area contributed by atoms with Crippen LogP contribution in [-0.4, -0.2) is 28.6 Å². The molecule has 0 bridgehead atoms. The van der Waals surface area contributed by atoms with E-state index < -0.39 is 0 Å². The number of aromatic nitrogens is 1. The third-order valence-corrected chi connectivity index (χ3v) is 4.07. The van der Waals surface area contributed by atoms with Crippen LogP contribution in [0, 0.1) is 5.92 Å². The zero-order chi connectivity index (χ0) is 18.4. The monoisotopic (exact) mass is 343 g/mol. The number of hydrogen-bond acceptors (Lipinski definition) is 2. The molecule has 2 aromatic rings. The molecule has 25 heavy (non-hydrogen) atoms. The highest BCUT2D eigenvalue weighted by atomic mass is 16.2. The molecule has 1 N–H and O–H groups in total. The predicted octanol–water partition coefficient (Wildman–Crippen LogP) is 4.31. The quantitative estimate of drug-likeness (QED) is 0.814. The standard InChI is InChI=1S/C20H29N3O2/c1-5-11-22(12-6-2)20(25)21-18-14-23(13-15(3)4)19(24)17-10-8-7-9-16(17)18/h7-10,14-15H,5-6,11-13H2,1-4H3,(H,21,25). The van der Waals surface area contributed by atoms with Gasteiger partial charge in [0.25, 0.3) is 5.56 Å². The number of nitrogens with zero attached hydrogens (tertiary/aromatic N) is 2. The first-order valence-electron chi connectivity index (χ1n) is 9.16. The lowest BCUT2D eigenvalue weighted by Gasteiger charge is -2.23. The molecular weight excluding hydrogens is 314 g/mol. The Balaban J connectivity index is 2.44. The number of anilines is 1. The minimum Gasteiger partial charge on any atom is -0.325 e. The molecule has 1 aromatic heterocycles. The Bertz CT molecular complexity index is 774. The van der Waals surface area contributed by atoms with Crippen LogP contribution >= 0.6 is 0 Å². The van der Waals surface area contributed by atoms with Crippen LogP contribution in [-0.2, 0) is 6.54 Å². The first-order valence-corrected chi connectivity index (χ1v) is 9.16. The van der Waals surface area contributed by atoms with Crippen molar-refractivity contribution >= 4 is 22.5 Å². The van der Waals surface area contributed by atoms with Gasteiger partial charge in [-0.15, -0.1) is 0 Å². The van der Waals surface area contributed by atoms with Crippen molar-refractivity contribution in [1.82, 2.24) is 9.47 Å². The van der Waals surface area contributed by atoms with Crippen LogP contribution < -0.4 is 10.9 Å². The van der Waals surface area contributed by atoms with E-state index in [0.29, 0.717) is 23.5 Å². The molecule has 0 aliphatic heterocycles. The summed E-state index contributed by atoms with van der Waals surface area (Å²) < 4.78 is 1.70.